The van der Waals surface area contributed by atoms with Gasteiger partial charge in [0.05, 0.1) is 11.5 Å². The van der Waals surface area contributed by atoms with Gasteiger partial charge in [-0.1, -0.05) is 31.5 Å². The molecule has 1 aromatic rings. The van der Waals surface area contributed by atoms with E-state index in [1.807, 2.05) is 0 Å². The quantitative estimate of drug-likeness (QED) is 0.176. The van der Waals surface area contributed by atoms with Crippen LogP contribution in [0.25, 0.3) is 0 Å². The van der Waals surface area contributed by atoms with E-state index in [4.69, 9.17) is 16.3 Å². The lowest BCUT2D eigenvalue weighted by Gasteiger charge is -2.13. The van der Waals surface area contributed by atoms with Crippen LogP contribution in [0.4, 0.5) is 0 Å². The highest BCUT2D eigenvalue weighted by Crippen LogP contribution is 2.14. The van der Waals surface area contributed by atoms with Crippen molar-refractivity contribution in [3.05, 3.63) is 29.3 Å². The summed E-state index contributed by atoms with van der Waals surface area (Å²) in [5, 5.41) is 6.54. The molecule has 0 aromatic heterocycles. The van der Waals surface area contributed by atoms with Gasteiger partial charge in [-0.25, -0.2) is 13.1 Å². The van der Waals surface area contributed by atoms with Crippen molar-refractivity contribution < 1.29 is 13.2 Å². The van der Waals surface area contributed by atoms with E-state index in [1.165, 1.54) is 12.1 Å². The molecule has 0 saturated heterocycles. The number of nitrogens with one attached hydrogen (secondary N) is 3. The van der Waals surface area contributed by atoms with E-state index >= 15 is 0 Å². The highest BCUT2D eigenvalue weighted by atomic mass is 127. The molecule has 10 heteroatoms. The molecule has 0 aliphatic carbocycles. The van der Waals surface area contributed by atoms with Gasteiger partial charge in [0, 0.05) is 38.3 Å². The Labute approximate surface area is 184 Å². The summed E-state index contributed by atoms with van der Waals surface area (Å²) < 4.78 is 32.4. The number of aliphatic imine (C=N–C) groups is 1. The van der Waals surface area contributed by atoms with E-state index in [0.717, 1.165) is 13.0 Å². The molecule has 1 aromatic carbocycles. The second-order valence-electron chi connectivity index (χ2n) is 6.08. The Balaban J connectivity index is 0.00000676. The van der Waals surface area contributed by atoms with Crippen molar-refractivity contribution in [3.8, 4) is 0 Å². The van der Waals surface area contributed by atoms with Crippen LogP contribution in [0.2, 0.25) is 5.02 Å². The summed E-state index contributed by atoms with van der Waals surface area (Å²) in [5.74, 6) is 1.23. The van der Waals surface area contributed by atoms with E-state index in [9.17, 15) is 8.42 Å². The molecule has 156 valence electrons. The maximum absolute atomic E-state index is 12.2. The molecule has 0 spiro atoms. The number of hydrogen-bond donors (Lipinski definition) is 3. The molecule has 0 fully saturated rings. The van der Waals surface area contributed by atoms with Crippen molar-refractivity contribution in [1.29, 1.82) is 0 Å². The predicted octanol–water partition coefficient (Wildman–Crippen LogP) is 2.46. The van der Waals surface area contributed by atoms with Crippen molar-refractivity contribution in [1.82, 2.24) is 15.4 Å². The number of ether oxygens (including phenoxy) is 1. The zero-order valence-corrected chi connectivity index (χ0v) is 19.9. The summed E-state index contributed by atoms with van der Waals surface area (Å²) >= 11 is 5.83. The molecular weight excluding hydrogens is 503 g/mol. The van der Waals surface area contributed by atoms with Crippen LogP contribution in [0.15, 0.2) is 34.2 Å². The monoisotopic (exact) mass is 532 g/mol. The van der Waals surface area contributed by atoms with Gasteiger partial charge in [-0.2, -0.15) is 0 Å². The van der Waals surface area contributed by atoms with Gasteiger partial charge in [-0.15, -0.1) is 24.0 Å². The molecule has 0 radical (unpaired) electrons. The van der Waals surface area contributed by atoms with Crippen LogP contribution < -0.4 is 15.4 Å². The van der Waals surface area contributed by atoms with E-state index in [-0.39, 0.29) is 35.4 Å². The molecule has 0 aliphatic heterocycles. The van der Waals surface area contributed by atoms with E-state index in [1.54, 1.807) is 19.2 Å². The highest BCUT2D eigenvalue weighted by Gasteiger charge is 2.13. The third-order valence-corrected chi connectivity index (χ3v) is 5.11. The first-order valence-electron chi connectivity index (χ1n) is 8.62. The lowest BCUT2D eigenvalue weighted by atomic mass is 10.1. The maximum Gasteiger partial charge on any atom is 0.240 e. The van der Waals surface area contributed by atoms with Crippen LogP contribution in [0.5, 0.6) is 0 Å². The number of guanidine groups is 1. The van der Waals surface area contributed by atoms with Crippen LogP contribution in [0.3, 0.4) is 0 Å². The predicted molar refractivity (Wildman–Crippen MR) is 122 cm³/mol. The number of nitrogens with zero attached hydrogens (tertiary/aromatic N) is 1. The van der Waals surface area contributed by atoms with Gasteiger partial charge in [-0.3, -0.25) is 4.99 Å². The first kappa shape index (κ1) is 26.4. The minimum Gasteiger partial charge on any atom is -0.380 e. The van der Waals surface area contributed by atoms with Gasteiger partial charge < -0.3 is 15.4 Å². The average Bonchev–Trinajstić information content (AvgIpc) is 2.59. The Morgan fingerprint density at radius 2 is 1.89 bits per heavy atom. The fraction of sp³-hybridized carbons (Fsp3) is 0.588. The Kier molecular flexibility index (Phi) is 14.1. The van der Waals surface area contributed by atoms with Gasteiger partial charge in [0.1, 0.15) is 0 Å². The van der Waals surface area contributed by atoms with E-state index in [2.05, 4.69) is 34.2 Å². The smallest absolute Gasteiger partial charge is 0.240 e. The van der Waals surface area contributed by atoms with Gasteiger partial charge in [0.2, 0.25) is 10.0 Å². The van der Waals surface area contributed by atoms with Crippen LogP contribution in [-0.4, -0.2) is 54.3 Å². The first-order chi connectivity index (χ1) is 12.3. The number of sulfonamides is 1. The fourth-order valence-corrected chi connectivity index (χ4v) is 3.30. The molecule has 0 saturated carbocycles. The first-order valence-corrected chi connectivity index (χ1v) is 10.5. The Morgan fingerprint density at radius 3 is 2.52 bits per heavy atom. The standard InChI is InChI=1S/C17H29ClN4O3S.HI/c1-14(2)7-11-25-12-10-21-17(19-3)20-8-9-22-26(23,24)16-6-4-5-15(18)13-16;/h4-6,13-14,22H,7-12H2,1-3H3,(H2,19,20,21);1H. The topological polar surface area (TPSA) is 91.8 Å². The Morgan fingerprint density at radius 1 is 1.19 bits per heavy atom. The average molecular weight is 533 g/mol. The zero-order chi connectivity index (χ0) is 19.4. The summed E-state index contributed by atoms with van der Waals surface area (Å²) in [6.07, 6.45) is 1.04. The minimum absolute atomic E-state index is 0. The number of hydrogen-bond acceptors (Lipinski definition) is 4. The van der Waals surface area contributed by atoms with Crippen LogP contribution in [0, 0.1) is 5.92 Å². The molecule has 3 N–H and O–H groups in total. The molecule has 0 bridgehead atoms. The second-order valence-corrected chi connectivity index (χ2v) is 8.28. The Bertz CT molecular complexity index is 672. The molecular formula is C17H30ClIN4O3S. The molecule has 0 atom stereocenters. The zero-order valence-electron chi connectivity index (χ0n) is 16.0. The van der Waals surface area contributed by atoms with E-state index < -0.39 is 10.0 Å². The van der Waals surface area contributed by atoms with Crippen molar-refractivity contribution in [2.75, 3.05) is 39.9 Å². The molecule has 27 heavy (non-hydrogen) atoms. The lowest BCUT2D eigenvalue weighted by molar-refractivity contribution is 0.128. The van der Waals surface area contributed by atoms with Crippen LogP contribution in [0.1, 0.15) is 20.3 Å². The summed E-state index contributed by atoms with van der Waals surface area (Å²) in [4.78, 5) is 4.23. The molecule has 1 rings (SSSR count). The molecule has 0 unspecified atom stereocenters. The highest BCUT2D eigenvalue weighted by molar-refractivity contribution is 14.0. The van der Waals surface area contributed by atoms with Crippen molar-refractivity contribution in [2.24, 2.45) is 10.9 Å². The Hall–Kier alpha value is -0.620. The summed E-state index contributed by atoms with van der Waals surface area (Å²) in [5.41, 5.74) is 0. The van der Waals surface area contributed by atoms with Crippen LogP contribution in [-0.2, 0) is 14.8 Å². The van der Waals surface area contributed by atoms with Gasteiger partial charge in [-0.05, 0) is 30.5 Å². The normalized spacial score (nSPS) is 12.0. The number of benzene rings is 1. The molecule has 0 amide bonds. The number of rotatable bonds is 11. The molecule has 0 aliphatic rings. The van der Waals surface area contributed by atoms with Gasteiger partial charge in [0.25, 0.3) is 0 Å². The molecule has 7 nitrogen and oxygen atoms in total. The summed E-state index contributed by atoms with van der Waals surface area (Å²) in [6.45, 7) is 6.91. The largest absolute Gasteiger partial charge is 0.380 e. The number of halogens is 2. The van der Waals surface area contributed by atoms with Crippen molar-refractivity contribution >= 4 is 51.6 Å². The van der Waals surface area contributed by atoms with Crippen molar-refractivity contribution in [2.45, 2.75) is 25.2 Å². The molecule has 0 heterocycles. The van der Waals surface area contributed by atoms with E-state index in [0.29, 0.717) is 36.6 Å². The third kappa shape index (κ3) is 11.7. The SMILES string of the molecule is CN=C(NCCNS(=O)(=O)c1cccc(Cl)c1)NCCOCCC(C)C.I. The maximum atomic E-state index is 12.2. The summed E-state index contributed by atoms with van der Waals surface area (Å²) in [7, 11) is -1.92. The van der Waals surface area contributed by atoms with Gasteiger partial charge in [0.15, 0.2) is 5.96 Å². The van der Waals surface area contributed by atoms with Gasteiger partial charge >= 0.3 is 0 Å². The minimum atomic E-state index is -3.58. The summed E-state index contributed by atoms with van der Waals surface area (Å²) in [6, 6.07) is 6.15. The fourth-order valence-electron chi connectivity index (χ4n) is 1.97. The van der Waals surface area contributed by atoms with Crippen LogP contribution >= 0.6 is 35.6 Å². The second kappa shape index (κ2) is 14.4. The third-order valence-electron chi connectivity index (χ3n) is 3.42. The van der Waals surface area contributed by atoms with Crippen molar-refractivity contribution in [3.63, 3.8) is 0 Å². The lowest BCUT2D eigenvalue weighted by Crippen LogP contribution is -2.42.